The first kappa shape index (κ1) is 14.4. The minimum absolute atomic E-state index is 0.416. The Morgan fingerprint density at radius 2 is 1.95 bits per heavy atom. The summed E-state index contributed by atoms with van der Waals surface area (Å²) in [6.45, 7) is 11.2. The predicted molar refractivity (Wildman–Crippen MR) is 77.9 cm³/mol. The number of hydrogen-bond donors (Lipinski definition) is 1. The summed E-state index contributed by atoms with van der Waals surface area (Å²) in [4.78, 5) is 2.45. The lowest BCUT2D eigenvalue weighted by Crippen LogP contribution is -2.37. The summed E-state index contributed by atoms with van der Waals surface area (Å²) in [6, 6.07) is 4.08. The molecule has 0 amide bonds. The minimum atomic E-state index is 0.416. The van der Waals surface area contributed by atoms with Crippen LogP contribution in [0.1, 0.15) is 36.5 Å². The van der Waals surface area contributed by atoms with Crippen LogP contribution in [0.25, 0.3) is 0 Å². The molecule has 1 saturated heterocycles. The first-order valence-electron chi connectivity index (χ1n) is 7.20. The normalized spacial score (nSPS) is 17.1. The molecular weight excluding hydrogens is 238 g/mol. The summed E-state index contributed by atoms with van der Waals surface area (Å²) in [6.07, 6.45) is 1.05. The van der Waals surface area contributed by atoms with Gasteiger partial charge in [-0.05, 0) is 42.0 Å². The number of aryl methyl sites for hydroxylation is 1. The molecule has 2 rings (SSSR count). The molecule has 1 fully saturated rings. The Morgan fingerprint density at radius 3 is 2.58 bits per heavy atom. The van der Waals surface area contributed by atoms with E-state index >= 15 is 0 Å². The van der Waals surface area contributed by atoms with Gasteiger partial charge in [0.2, 0.25) is 0 Å². The van der Waals surface area contributed by atoms with Gasteiger partial charge < -0.3 is 9.84 Å². The van der Waals surface area contributed by atoms with Crippen LogP contribution in [0, 0.1) is 6.92 Å². The van der Waals surface area contributed by atoms with Crippen molar-refractivity contribution in [3.05, 3.63) is 28.8 Å². The fourth-order valence-electron chi connectivity index (χ4n) is 2.63. The Morgan fingerprint density at radius 1 is 1.26 bits per heavy atom. The quantitative estimate of drug-likeness (QED) is 0.906. The second kappa shape index (κ2) is 6.40. The molecule has 1 aromatic rings. The molecule has 1 aliphatic heterocycles. The van der Waals surface area contributed by atoms with E-state index in [-0.39, 0.29) is 0 Å². The van der Waals surface area contributed by atoms with Crippen LogP contribution in [0.5, 0.6) is 5.75 Å². The Kier molecular flexibility index (Phi) is 4.83. The molecule has 0 aliphatic carbocycles. The Hall–Kier alpha value is -1.06. The van der Waals surface area contributed by atoms with E-state index in [0.717, 1.165) is 44.8 Å². The van der Waals surface area contributed by atoms with Crippen LogP contribution in [0.15, 0.2) is 12.1 Å². The van der Waals surface area contributed by atoms with E-state index in [1.54, 1.807) is 0 Å². The van der Waals surface area contributed by atoms with Gasteiger partial charge in [0.05, 0.1) is 13.2 Å². The predicted octanol–water partition coefficient (Wildman–Crippen LogP) is 2.70. The smallest absolute Gasteiger partial charge is 0.118 e. The molecule has 0 unspecified atom stereocenters. The van der Waals surface area contributed by atoms with Crippen molar-refractivity contribution in [2.75, 3.05) is 32.8 Å². The molecule has 0 spiro atoms. The molecule has 106 valence electrons. The molecule has 1 heterocycles. The van der Waals surface area contributed by atoms with Crippen LogP contribution in [-0.4, -0.2) is 42.9 Å². The van der Waals surface area contributed by atoms with E-state index in [2.05, 4.69) is 24.8 Å². The van der Waals surface area contributed by atoms with Gasteiger partial charge in [0, 0.05) is 19.6 Å². The summed E-state index contributed by atoms with van der Waals surface area (Å²) in [5, 5.41) is 9.86. The van der Waals surface area contributed by atoms with Crippen LogP contribution in [0.2, 0.25) is 0 Å². The zero-order chi connectivity index (χ0) is 13.8. The number of ether oxygens (including phenoxy) is 1. The number of hydrogen-bond acceptors (Lipinski definition) is 3. The lowest BCUT2D eigenvalue weighted by molar-refractivity contribution is 0.0384. The highest BCUT2D eigenvalue weighted by atomic mass is 16.5. The fourth-order valence-corrected chi connectivity index (χ4v) is 2.63. The second-order valence-corrected chi connectivity index (χ2v) is 5.70. The lowest BCUT2D eigenvalue weighted by atomic mass is 9.93. The number of phenols is 1. The molecular formula is C16H25NO2. The molecule has 1 aromatic carbocycles. The molecule has 1 aliphatic rings. The van der Waals surface area contributed by atoms with Crippen LogP contribution in [-0.2, 0) is 11.2 Å². The minimum Gasteiger partial charge on any atom is -0.508 e. The standard InChI is InChI=1S/C16H25NO2/c1-12(2)15-11-16(18)13(3)10-14(15)4-5-17-6-8-19-9-7-17/h10-12,18H,4-9H2,1-3H3. The van der Waals surface area contributed by atoms with Gasteiger partial charge in [-0.25, -0.2) is 0 Å². The average molecular weight is 263 g/mol. The van der Waals surface area contributed by atoms with Gasteiger partial charge in [-0.1, -0.05) is 19.9 Å². The van der Waals surface area contributed by atoms with Crippen LogP contribution >= 0.6 is 0 Å². The highest BCUT2D eigenvalue weighted by molar-refractivity contribution is 5.42. The number of phenolic OH excluding ortho intramolecular Hbond substituents is 1. The van der Waals surface area contributed by atoms with Crippen LogP contribution in [0.3, 0.4) is 0 Å². The van der Waals surface area contributed by atoms with Gasteiger partial charge in [0.1, 0.15) is 5.75 Å². The average Bonchev–Trinajstić information content (AvgIpc) is 2.40. The summed E-state index contributed by atoms with van der Waals surface area (Å²) in [5.41, 5.74) is 3.62. The van der Waals surface area contributed by atoms with Gasteiger partial charge in [-0.15, -0.1) is 0 Å². The lowest BCUT2D eigenvalue weighted by Gasteiger charge is -2.27. The molecule has 0 bridgehead atoms. The Labute approximate surface area is 116 Å². The Bertz CT molecular complexity index is 423. The third-order valence-electron chi connectivity index (χ3n) is 3.88. The van der Waals surface area contributed by atoms with Crippen molar-refractivity contribution < 1.29 is 9.84 Å². The summed E-state index contributed by atoms with van der Waals surface area (Å²) in [7, 11) is 0. The van der Waals surface area contributed by atoms with Crippen molar-refractivity contribution in [3.8, 4) is 5.75 Å². The first-order valence-corrected chi connectivity index (χ1v) is 7.20. The SMILES string of the molecule is Cc1cc(CCN2CCOCC2)c(C(C)C)cc1O. The van der Waals surface area contributed by atoms with Crippen LogP contribution in [0.4, 0.5) is 0 Å². The summed E-state index contributed by atoms with van der Waals surface area (Å²) in [5.74, 6) is 0.866. The van der Waals surface area contributed by atoms with Gasteiger partial charge in [-0.3, -0.25) is 4.90 Å². The number of rotatable bonds is 4. The first-order chi connectivity index (χ1) is 9.08. The number of aromatic hydroxyl groups is 1. The highest BCUT2D eigenvalue weighted by Gasteiger charge is 2.13. The van der Waals surface area contributed by atoms with E-state index in [1.807, 2.05) is 13.0 Å². The van der Waals surface area contributed by atoms with Crippen molar-refractivity contribution in [2.24, 2.45) is 0 Å². The third kappa shape index (κ3) is 3.71. The maximum atomic E-state index is 9.86. The van der Waals surface area contributed by atoms with E-state index in [9.17, 15) is 5.11 Å². The van der Waals surface area contributed by atoms with Gasteiger partial charge in [0.15, 0.2) is 0 Å². The topological polar surface area (TPSA) is 32.7 Å². The van der Waals surface area contributed by atoms with E-state index < -0.39 is 0 Å². The van der Waals surface area contributed by atoms with Crippen molar-refractivity contribution in [1.29, 1.82) is 0 Å². The van der Waals surface area contributed by atoms with Gasteiger partial charge >= 0.3 is 0 Å². The largest absolute Gasteiger partial charge is 0.508 e. The number of benzene rings is 1. The molecule has 0 atom stereocenters. The van der Waals surface area contributed by atoms with Gasteiger partial charge in [0.25, 0.3) is 0 Å². The monoisotopic (exact) mass is 263 g/mol. The van der Waals surface area contributed by atoms with Crippen LogP contribution < -0.4 is 0 Å². The molecule has 0 saturated carbocycles. The number of nitrogens with zero attached hydrogens (tertiary/aromatic N) is 1. The summed E-state index contributed by atoms with van der Waals surface area (Å²) < 4.78 is 5.37. The second-order valence-electron chi connectivity index (χ2n) is 5.70. The fraction of sp³-hybridized carbons (Fsp3) is 0.625. The molecule has 1 N–H and O–H groups in total. The maximum Gasteiger partial charge on any atom is 0.118 e. The molecule has 3 nitrogen and oxygen atoms in total. The third-order valence-corrected chi connectivity index (χ3v) is 3.88. The number of morpholine rings is 1. The van der Waals surface area contributed by atoms with Crippen molar-refractivity contribution >= 4 is 0 Å². The molecule has 3 heteroatoms. The van der Waals surface area contributed by atoms with Crippen molar-refractivity contribution in [3.63, 3.8) is 0 Å². The molecule has 19 heavy (non-hydrogen) atoms. The zero-order valence-corrected chi connectivity index (χ0v) is 12.3. The van der Waals surface area contributed by atoms with E-state index in [0.29, 0.717) is 11.7 Å². The van der Waals surface area contributed by atoms with Gasteiger partial charge in [-0.2, -0.15) is 0 Å². The summed E-state index contributed by atoms with van der Waals surface area (Å²) >= 11 is 0. The van der Waals surface area contributed by atoms with E-state index in [4.69, 9.17) is 4.74 Å². The zero-order valence-electron chi connectivity index (χ0n) is 12.3. The van der Waals surface area contributed by atoms with Crippen molar-refractivity contribution in [1.82, 2.24) is 4.90 Å². The maximum absolute atomic E-state index is 9.86. The molecule has 0 aromatic heterocycles. The van der Waals surface area contributed by atoms with E-state index in [1.165, 1.54) is 11.1 Å². The highest BCUT2D eigenvalue weighted by Crippen LogP contribution is 2.27. The van der Waals surface area contributed by atoms with Crippen molar-refractivity contribution in [2.45, 2.75) is 33.1 Å². The molecule has 0 radical (unpaired) electrons. The Balaban J connectivity index is 2.07.